The van der Waals surface area contributed by atoms with Crippen molar-refractivity contribution in [1.29, 1.82) is 0 Å². The predicted octanol–water partition coefficient (Wildman–Crippen LogP) is -1.63. The minimum absolute atomic E-state index is 0.000341. The largest absolute Gasteiger partial charge is 0.378 e. The Kier molecular flexibility index (Phi) is 5.25. The lowest BCUT2D eigenvalue weighted by atomic mass is 9.95. The first-order valence-electron chi connectivity index (χ1n) is 9.74. The van der Waals surface area contributed by atoms with Gasteiger partial charge in [0.2, 0.25) is 17.7 Å². The molecule has 28 heavy (non-hydrogen) atoms. The lowest BCUT2D eigenvalue weighted by Crippen LogP contribution is -2.58. The molecule has 3 atom stereocenters. The average Bonchev–Trinajstić information content (AvgIpc) is 3.35. The number of piperazine rings is 1. The number of carbonyl (C=O) groups excluding carboxylic acids is 3. The summed E-state index contributed by atoms with van der Waals surface area (Å²) in [5, 5.41) is 10.7. The van der Waals surface area contributed by atoms with Crippen molar-refractivity contribution >= 4 is 17.7 Å². The summed E-state index contributed by atoms with van der Waals surface area (Å²) in [6, 6.07) is -0.233. The third-order valence-electron chi connectivity index (χ3n) is 5.89. The van der Waals surface area contributed by atoms with Crippen LogP contribution in [0.15, 0.2) is 6.33 Å². The second-order valence-electron chi connectivity index (χ2n) is 7.49. The summed E-state index contributed by atoms with van der Waals surface area (Å²) in [6.45, 7) is 4.79. The van der Waals surface area contributed by atoms with Crippen molar-refractivity contribution in [3.63, 3.8) is 0 Å². The highest BCUT2D eigenvalue weighted by Crippen LogP contribution is 2.36. The molecule has 1 aromatic rings. The highest BCUT2D eigenvalue weighted by atomic mass is 16.5. The molecule has 0 radical (unpaired) electrons. The van der Waals surface area contributed by atoms with Crippen LogP contribution >= 0.6 is 0 Å². The topological polar surface area (TPSA) is 114 Å². The lowest BCUT2D eigenvalue weighted by Gasteiger charge is -2.40. The fraction of sp³-hybridized carbons (Fsp3) is 0.765. The molecule has 3 aliphatic heterocycles. The van der Waals surface area contributed by atoms with Crippen molar-refractivity contribution in [3.8, 4) is 0 Å². The Morgan fingerprint density at radius 3 is 2.71 bits per heavy atom. The van der Waals surface area contributed by atoms with Gasteiger partial charge in [0, 0.05) is 25.7 Å². The smallest absolute Gasteiger partial charge is 0.244 e. The van der Waals surface area contributed by atoms with Gasteiger partial charge in [0.1, 0.15) is 12.9 Å². The molecular weight excluding hydrogens is 366 g/mol. The zero-order chi connectivity index (χ0) is 19.7. The number of tetrazole rings is 1. The molecule has 1 aromatic heterocycles. The molecule has 3 saturated heterocycles. The van der Waals surface area contributed by atoms with Crippen LogP contribution in [0.1, 0.15) is 19.8 Å². The van der Waals surface area contributed by atoms with Crippen LogP contribution in [0.25, 0.3) is 0 Å². The molecule has 152 valence electrons. The van der Waals surface area contributed by atoms with Crippen LogP contribution in [0.5, 0.6) is 0 Å². The van der Waals surface area contributed by atoms with Gasteiger partial charge in [-0.1, -0.05) is 6.92 Å². The minimum Gasteiger partial charge on any atom is -0.378 e. The molecule has 0 saturated carbocycles. The molecule has 0 aliphatic carbocycles. The van der Waals surface area contributed by atoms with Crippen molar-refractivity contribution < 1.29 is 19.1 Å². The molecule has 0 unspecified atom stereocenters. The zero-order valence-corrected chi connectivity index (χ0v) is 15.9. The maximum Gasteiger partial charge on any atom is 0.244 e. The number of ether oxygens (including phenoxy) is 1. The van der Waals surface area contributed by atoms with Gasteiger partial charge in [0.15, 0.2) is 0 Å². The first-order valence-corrected chi connectivity index (χ1v) is 9.74. The maximum atomic E-state index is 13.1. The summed E-state index contributed by atoms with van der Waals surface area (Å²) in [5.74, 6) is -0.405. The maximum absolute atomic E-state index is 13.1. The number of fused-ring (bicyclic) bond motifs is 1. The zero-order valence-electron chi connectivity index (χ0n) is 15.9. The molecule has 0 N–H and O–H groups in total. The van der Waals surface area contributed by atoms with Crippen molar-refractivity contribution in [3.05, 3.63) is 6.33 Å². The Labute approximate surface area is 162 Å². The lowest BCUT2D eigenvalue weighted by molar-refractivity contribution is -0.150. The average molecular weight is 391 g/mol. The summed E-state index contributed by atoms with van der Waals surface area (Å²) < 4.78 is 6.68. The molecule has 0 spiro atoms. The molecule has 4 heterocycles. The van der Waals surface area contributed by atoms with Crippen molar-refractivity contribution in [1.82, 2.24) is 34.9 Å². The monoisotopic (exact) mass is 391 g/mol. The van der Waals surface area contributed by atoms with Gasteiger partial charge in [-0.3, -0.25) is 14.4 Å². The Hall–Kier alpha value is -2.56. The fourth-order valence-corrected chi connectivity index (χ4v) is 4.59. The molecule has 3 amide bonds. The van der Waals surface area contributed by atoms with Gasteiger partial charge in [-0.2, -0.15) is 0 Å². The van der Waals surface area contributed by atoms with Crippen LogP contribution in [0, 0.1) is 5.92 Å². The number of nitrogens with zero attached hydrogens (tertiary/aromatic N) is 7. The molecule has 11 heteroatoms. The third kappa shape index (κ3) is 3.46. The van der Waals surface area contributed by atoms with Gasteiger partial charge in [-0.05, 0) is 23.3 Å². The van der Waals surface area contributed by atoms with E-state index in [1.165, 1.54) is 11.0 Å². The predicted molar refractivity (Wildman–Crippen MR) is 94.6 cm³/mol. The van der Waals surface area contributed by atoms with Crippen molar-refractivity contribution in [2.75, 3.05) is 39.4 Å². The first-order chi connectivity index (χ1) is 13.6. The van der Waals surface area contributed by atoms with E-state index in [0.717, 1.165) is 6.42 Å². The summed E-state index contributed by atoms with van der Waals surface area (Å²) in [4.78, 5) is 43.7. The molecular formula is C17H25N7O4. The van der Waals surface area contributed by atoms with E-state index in [2.05, 4.69) is 15.5 Å². The van der Waals surface area contributed by atoms with Gasteiger partial charge < -0.3 is 19.4 Å². The van der Waals surface area contributed by atoms with E-state index in [-0.39, 0.29) is 48.8 Å². The van der Waals surface area contributed by atoms with Gasteiger partial charge in [0.05, 0.1) is 31.7 Å². The van der Waals surface area contributed by atoms with Crippen LogP contribution in [-0.2, 0) is 25.7 Å². The number of amides is 3. The van der Waals surface area contributed by atoms with Gasteiger partial charge in [0.25, 0.3) is 0 Å². The second-order valence-corrected chi connectivity index (χ2v) is 7.49. The normalized spacial score (nSPS) is 27.8. The molecule has 0 bridgehead atoms. The summed E-state index contributed by atoms with van der Waals surface area (Å²) >= 11 is 0. The van der Waals surface area contributed by atoms with E-state index in [0.29, 0.717) is 39.3 Å². The second kappa shape index (κ2) is 7.82. The number of hydrogen-bond acceptors (Lipinski definition) is 7. The van der Waals surface area contributed by atoms with E-state index < -0.39 is 0 Å². The van der Waals surface area contributed by atoms with Gasteiger partial charge in [-0.25, -0.2) is 4.68 Å². The summed E-state index contributed by atoms with van der Waals surface area (Å²) in [7, 11) is 0. The molecule has 3 fully saturated rings. The molecule has 3 aliphatic rings. The molecule has 4 rings (SSSR count). The molecule has 11 nitrogen and oxygen atoms in total. The van der Waals surface area contributed by atoms with Crippen molar-refractivity contribution in [2.45, 2.75) is 38.4 Å². The highest BCUT2D eigenvalue weighted by Gasteiger charge is 2.50. The van der Waals surface area contributed by atoms with Crippen molar-refractivity contribution in [2.24, 2.45) is 5.92 Å². The molecule has 0 aromatic carbocycles. The SMILES string of the molecule is CC[C@H]1[C@@H](C(=O)N2CCOCC2)C[C@H]2CN(C(=O)Cn3cnnn3)CC(=O)N21. The standard InChI is InChI=1S/C17H25N7O4/c1-2-14-13(17(27)21-3-5-28-6-4-21)7-12-8-22(9-16(26)24(12)14)15(25)10-23-11-18-19-20-23/h11-14H,2-10H2,1H3/t12-,13-,14-/m0/s1. The Morgan fingerprint density at radius 1 is 1.25 bits per heavy atom. The van der Waals surface area contributed by atoms with Crippen LogP contribution in [0.3, 0.4) is 0 Å². The van der Waals surface area contributed by atoms with E-state index in [4.69, 9.17) is 4.74 Å². The van der Waals surface area contributed by atoms with Gasteiger partial charge in [-0.15, -0.1) is 5.10 Å². The minimum atomic E-state index is -0.216. The number of carbonyl (C=O) groups is 3. The number of aromatic nitrogens is 4. The van der Waals surface area contributed by atoms with E-state index in [1.807, 2.05) is 16.7 Å². The van der Waals surface area contributed by atoms with Crippen LogP contribution in [0.4, 0.5) is 0 Å². The van der Waals surface area contributed by atoms with E-state index >= 15 is 0 Å². The number of hydrogen-bond donors (Lipinski definition) is 0. The highest BCUT2D eigenvalue weighted by molar-refractivity contribution is 5.88. The van der Waals surface area contributed by atoms with E-state index in [1.54, 1.807) is 4.90 Å². The number of morpholine rings is 1. The Bertz CT molecular complexity index is 734. The number of rotatable bonds is 4. The summed E-state index contributed by atoms with van der Waals surface area (Å²) in [5.41, 5.74) is 0. The fourth-order valence-electron chi connectivity index (χ4n) is 4.59. The van der Waals surface area contributed by atoms with Crippen LogP contribution in [-0.4, -0.2) is 104 Å². The van der Waals surface area contributed by atoms with Crippen LogP contribution in [0.2, 0.25) is 0 Å². The van der Waals surface area contributed by atoms with Gasteiger partial charge >= 0.3 is 0 Å². The third-order valence-corrected chi connectivity index (χ3v) is 5.89. The first kappa shape index (κ1) is 18.8. The van der Waals surface area contributed by atoms with Crippen LogP contribution < -0.4 is 0 Å². The Morgan fingerprint density at radius 2 is 2.04 bits per heavy atom. The quantitative estimate of drug-likeness (QED) is 0.605. The summed E-state index contributed by atoms with van der Waals surface area (Å²) in [6.07, 6.45) is 2.69. The van der Waals surface area contributed by atoms with E-state index in [9.17, 15) is 14.4 Å². The Balaban J connectivity index is 1.46.